The van der Waals surface area contributed by atoms with Crippen LogP contribution in [0.2, 0.25) is 0 Å². The van der Waals surface area contributed by atoms with Gasteiger partial charge in [-0.2, -0.15) is 10.2 Å². The molecule has 0 aliphatic carbocycles. The summed E-state index contributed by atoms with van der Waals surface area (Å²) in [5.74, 6) is 1.92. The van der Waals surface area contributed by atoms with Crippen molar-refractivity contribution in [3.63, 3.8) is 0 Å². The van der Waals surface area contributed by atoms with Crippen LogP contribution in [-0.2, 0) is 4.79 Å². The van der Waals surface area contributed by atoms with Gasteiger partial charge in [0.1, 0.15) is 48.2 Å². The Kier molecular flexibility index (Phi) is 8.76. The zero-order valence-electron chi connectivity index (χ0n) is 23.3. The molecule has 2 N–H and O–H groups in total. The van der Waals surface area contributed by atoms with E-state index < -0.39 is 6.61 Å². The maximum absolute atomic E-state index is 11.7. The number of piperazine rings is 1. The van der Waals surface area contributed by atoms with Crippen molar-refractivity contribution in [3.8, 4) is 29.0 Å². The second-order valence-electron chi connectivity index (χ2n) is 10.1. The number of likely N-dealkylation sites (tertiary alicyclic amines) is 1. The fraction of sp³-hybridized carbons (Fsp3) is 0.414. The summed E-state index contributed by atoms with van der Waals surface area (Å²) in [5, 5.41) is 22.1. The van der Waals surface area contributed by atoms with E-state index in [1.165, 1.54) is 6.33 Å². The van der Waals surface area contributed by atoms with E-state index in [0.717, 1.165) is 37.4 Å². The molecule has 0 radical (unpaired) electrons. The van der Waals surface area contributed by atoms with Gasteiger partial charge in [-0.15, -0.1) is 0 Å². The van der Waals surface area contributed by atoms with Gasteiger partial charge in [0.25, 0.3) is 0 Å². The van der Waals surface area contributed by atoms with E-state index in [0.29, 0.717) is 60.5 Å². The number of aliphatic hydroxyl groups excluding tert-OH is 1. The van der Waals surface area contributed by atoms with Crippen LogP contribution < -0.4 is 19.7 Å². The summed E-state index contributed by atoms with van der Waals surface area (Å²) in [4.78, 5) is 31.3. The predicted molar refractivity (Wildman–Crippen MR) is 153 cm³/mol. The number of anilines is 3. The van der Waals surface area contributed by atoms with Crippen LogP contribution in [0.15, 0.2) is 42.7 Å². The molecule has 0 atom stereocenters. The van der Waals surface area contributed by atoms with E-state index in [1.54, 1.807) is 30.2 Å². The number of ether oxygens (including phenoxy) is 2. The predicted octanol–water partition coefficient (Wildman–Crippen LogP) is 2.28. The monoisotopic (exact) mass is 558 g/mol. The number of pyridine rings is 1. The molecule has 0 bridgehead atoms. The summed E-state index contributed by atoms with van der Waals surface area (Å²) < 4.78 is 11.7. The molecule has 0 spiro atoms. The SMILES string of the molecule is COc1nc(Nc2cc(-c3ccc(OC4CCN(C(=O)CO)CC4)c(C#N)c3)ncn2)ccc1N1CCN(C)CC1. The number of carbonyl (C=O) groups is 1. The highest BCUT2D eigenvalue weighted by Gasteiger charge is 2.24. The summed E-state index contributed by atoms with van der Waals surface area (Å²) in [7, 11) is 3.74. The number of hydrogen-bond donors (Lipinski definition) is 2. The zero-order chi connectivity index (χ0) is 28.8. The molecule has 0 saturated carbocycles. The average molecular weight is 559 g/mol. The Morgan fingerprint density at radius 3 is 2.56 bits per heavy atom. The smallest absolute Gasteiger partial charge is 0.248 e. The lowest BCUT2D eigenvalue weighted by Gasteiger charge is -2.34. The Morgan fingerprint density at radius 1 is 1.07 bits per heavy atom. The van der Waals surface area contributed by atoms with Gasteiger partial charge >= 0.3 is 0 Å². The van der Waals surface area contributed by atoms with Gasteiger partial charge in [-0.3, -0.25) is 4.79 Å². The van der Waals surface area contributed by atoms with Crippen molar-refractivity contribution in [2.45, 2.75) is 18.9 Å². The summed E-state index contributed by atoms with van der Waals surface area (Å²) in [5.41, 5.74) is 2.75. The van der Waals surface area contributed by atoms with Gasteiger partial charge in [0.15, 0.2) is 0 Å². The van der Waals surface area contributed by atoms with Gasteiger partial charge in [0.2, 0.25) is 11.8 Å². The van der Waals surface area contributed by atoms with Crippen molar-refractivity contribution < 1.29 is 19.4 Å². The second-order valence-corrected chi connectivity index (χ2v) is 10.1. The fourth-order valence-corrected chi connectivity index (χ4v) is 5.04. The van der Waals surface area contributed by atoms with Gasteiger partial charge in [0, 0.05) is 63.7 Å². The Hall–Kier alpha value is -4.47. The van der Waals surface area contributed by atoms with Crippen molar-refractivity contribution in [2.75, 3.05) is 70.2 Å². The Labute approximate surface area is 239 Å². The zero-order valence-corrected chi connectivity index (χ0v) is 23.3. The van der Waals surface area contributed by atoms with Gasteiger partial charge in [-0.25, -0.2) is 9.97 Å². The number of aliphatic hydroxyl groups is 1. The largest absolute Gasteiger partial charge is 0.489 e. The third-order valence-electron chi connectivity index (χ3n) is 7.42. The summed E-state index contributed by atoms with van der Waals surface area (Å²) in [6.45, 7) is 4.34. The third kappa shape index (κ3) is 6.65. The number of rotatable bonds is 8. The Balaban J connectivity index is 1.27. The molecule has 2 aromatic heterocycles. The van der Waals surface area contributed by atoms with Gasteiger partial charge < -0.3 is 34.6 Å². The minimum absolute atomic E-state index is 0.113. The van der Waals surface area contributed by atoms with E-state index in [1.807, 2.05) is 18.2 Å². The fourth-order valence-electron chi connectivity index (χ4n) is 5.04. The van der Waals surface area contributed by atoms with Crippen molar-refractivity contribution in [3.05, 3.63) is 48.3 Å². The minimum Gasteiger partial charge on any atom is -0.489 e. The molecule has 0 unspecified atom stereocenters. The quantitative estimate of drug-likeness (QED) is 0.421. The third-order valence-corrected chi connectivity index (χ3v) is 7.42. The first kappa shape index (κ1) is 28.1. The molecule has 3 aromatic rings. The molecule has 4 heterocycles. The van der Waals surface area contributed by atoms with E-state index in [9.17, 15) is 10.1 Å². The van der Waals surface area contributed by atoms with Crippen LogP contribution in [0.5, 0.6) is 11.6 Å². The highest BCUT2D eigenvalue weighted by Crippen LogP contribution is 2.31. The van der Waals surface area contributed by atoms with Gasteiger partial charge in [-0.1, -0.05) is 0 Å². The number of carbonyl (C=O) groups excluding carboxylic acids is 1. The van der Waals surface area contributed by atoms with Crippen molar-refractivity contribution >= 4 is 23.2 Å². The van der Waals surface area contributed by atoms with Gasteiger partial charge in [0.05, 0.1) is 18.4 Å². The van der Waals surface area contributed by atoms with Gasteiger partial charge in [-0.05, 0) is 37.4 Å². The number of amides is 1. The maximum atomic E-state index is 11.7. The topological polar surface area (TPSA) is 140 Å². The van der Waals surface area contributed by atoms with Crippen LogP contribution in [-0.4, -0.2) is 102 Å². The average Bonchev–Trinajstić information content (AvgIpc) is 3.01. The number of likely N-dealkylation sites (N-methyl/N-ethyl adjacent to an activating group) is 1. The van der Waals surface area contributed by atoms with Crippen LogP contribution in [0.3, 0.4) is 0 Å². The van der Waals surface area contributed by atoms with Crippen LogP contribution >= 0.6 is 0 Å². The summed E-state index contributed by atoms with van der Waals surface area (Å²) in [6, 6.07) is 13.3. The summed E-state index contributed by atoms with van der Waals surface area (Å²) in [6.07, 6.45) is 2.62. The van der Waals surface area contributed by atoms with Crippen LogP contribution in [0.4, 0.5) is 17.3 Å². The lowest BCUT2D eigenvalue weighted by Crippen LogP contribution is -2.44. The Bertz CT molecular complexity index is 1410. The molecule has 1 aromatic carbocycles. The standard InChI is InChI=1S/C29H34N8O4/c1-35-11-13-36(14-12-35)24-4-6-26(34-29(24)40-2)33-27-16-23(31-19-32-27)20-3-5-25(21(15-20)17-30)41-22-7-9-37(10-8-22)28(39)18-38/h3-6,15-16,19,22,38H,7-14,18H2,1-2H3,(H,31,32,33,34). The molecule has 12 heteroatoms. The molecule has 5 rings (SSSR count). The Morgan fingerprint density at radius 2 is 1.85 bits per heavy atom. The number of piperidine rings is 1. The van der Waals surface area contributed by atoms with Crippen molar-refractivity contribution in [2.24, 2.45) is 0 Å². The van der Waals surface area contributed by atoms with E-state index in [2.05, 4.69) is 43.2 Å². The first-order chi connectivity index (χ1) is 20.0. The van der Waals surface area contributed by atoms with Crippen LogP contribution in [0.1, 0.15) is 18.4 Å². The first-order valence-electron chi connectivity index (χ1n) is 13.6. The normalized spacial score (nSPS) is 16.2. The molecule has 2 aliphatic rings. The molecular formula is C29H34N8O4. The summed E-state index contributed by atoms with van der Waals surface area (Å²) >= 11 is 0. The molecule has 2 aliphatic heterocycles. The van der Waals surface area contributed by atoms with E-state index in [-0.39, 0.29) is 12.0 Å². The number of benzene rings is 1. The van der Waals surface area contributed by atoms with Crippen LogP contribution in [0, 0.1) is 11.3 Å². The first-order valence-corrected chi connectivity index (χ1v) is 13.6. The maximum Gasteiger partial charge on any atom is 0.248 e. The number of nitrogens with one attached hydrogen (secondary N) is 1. The molecule has 2 fully saturated rings. The lowest BCUT2D eigenvalue weighted by molar-refractivity contribution is -0.135. The number of methoxy groups -OCH3 is 1. The minimum atomic E-state index is -0.486. The molecule has 12 nitrogen and oxygen atoms in total. The second kappa shape index (κ2) is 12.8. The number of nitriles is 1. The highest BCUT2D eigenvalue weighted by molar-refractivity contribution is 5.77. The van der Waals surface area contributed by atoms with Crippen molar-refractivity contribution in [1.29, 1.82) is 5.26 Å². The highest BCUT2D eigenvalue weighted by atomic mass is 16.5. The molecular weight excluding hydrogens is 524 g/mol. The lowest BCUT2D eigenvalue weighted by atomic mass is 10.1. The van der Waals surface area contributed by atoms with Crippen LogP contribution in [0.25, 0.3) is 11.3 Å². The number of aromatic nitrogens is 3. The number of hydrogen-bond acceptors (Lipinski definition) is 11. The van der Waals surface area contributed by atoms with E-state index >= 15 is 0 Å². The van der Waals surface area contributed by atoms with Crippen molar-refractivity contribution in [1.82, 2.24) is 24.8 Å². The molecule has 214 valence electrons. The van der Waals surface area contributed by atoms with E-state index in [4.69, 9.17) is 14.6 Å². The molecule has 2 saturated heterocycles. The molecule has 1 amide bonds. The number of nitrogens with zero attached hydrogens (tertiary/aromatic N) is 7. The molecule has 41 heavy (non-hydrogen) atoms.